The van der Waals surface area contributed by atoms with E-state index in [1.165, 1.54) is 11.1 Å². The summed E-state index contributed by atoms with van der Waals surface area (Å²) in [6.45, 7) is 1.72. The van der Waals surface area contributed by atoms with Gasteiger partial charge in [-0.05, 0) is 44.0 Å². The zero-order chi connectivity index (χ0) is 22.1. The lowest BCUT2D eigenvalue weighted by molar-refractivity contribution is -0.122. The number of amides is 1. The van der Waals surface area contributed by atoms with Crippen molar-refractivity contribution in [3.63, 3.8) is 0 Å². The molecule has 0 saturated heterocycles. The van der Waals surface area contributed by atoms with E-state index in [4.69, 9.17) is 5.10 Å². The Bertz CT molecular complexity index is 1300. The average molecular weight is 431 g/mol. The molecular formula is C24H26N6O2. The van der Waals surface area contributed by atoms with Crippen LogP contribution in [0.4, 0.5) is 0 Å². The molecule has 4 aromatic rings. The number of aryl methyl sites for hydroxylation is 1. The minimum Gasteiger partial charge on any atom is -0.352 e. The number of benzene rings is 1. The lowest BCUT2D eigenvalue weighted by atomic mass is 9.95. The molecule has 5 rings (SSSR count). The van der Waals surface area contributed by atoms with Gasteiger partial charge in [-0.2, -0.15) is 10.2 Å². The Hall–Kier alpha value is -3.68. The first kappa shape index (κ1) is 20.2. The summed E-state index contributed by atoms with van der Waals surface area (Å²) in [7, 11) is 0. The highest BCUT2D eigenvalue weighted by Gasteiger charge is 2.23. The molecule has 3 aromatic heterocycles. The van der Waals surface area contributed by atoms with Gasteiger partial charge in [0, 0.05) is 18.4 Å². The molecule has 0 spiro atoms. The fourth-order valence-corrected chi connectivity index (χ4v) is 4.49. The largest absolute Gasteiger partial charge is 0.352 e. The second-order valence-corrected chi connectivity index (χ2v) is 8.34. The molecule has 1 aliphatic rings. The Balaban J connectivity index is 1.60. The lowest BCUT2D eigenvalue weighted by Crippen LogP contribution is -2.40. The van der Waals surface area contributed by atoms with Crippen LogP contribution in [0.15, 0.2) is 59.7 Å². The summed E-state index contributed by atoms with van der Waals surface area (Å²) in [6, 6.07) is 13.7. The Morgan fingerprint density at radius 3 is 2.47 bits per heavy atom. The van der Waals surface area contributed by atoms with Crippen molar-refractivity contribution in [2.45, 2.75) is 51.6 Å². The van der Waals surface area contributed by atoms with Crippen LogP contribution < -0.4 is 10.9 Å². The molecule has 3 heterocycles. The summed E-state index contributed by atoms with van der Waals surface area (Å²) >= 11 is 0. The van der Waals surface area contributed by atoms with Crippen LogP contribution in [0.5, 0.6) is 0 Å². The van der Waals surface area contributed by atoms with Crippen molar-refractivity contribution in [3.05, 3.63) is 70.9 Å². The van der Waals surface area contributed by atoms with E-state index in [1.807, 2.05) is 66.3 Å². The number of hydrogen-bond acceptors (Lipinski definition) is 4. The summed E-state index contributed by atoms with van der Waals surface area (Å²) in [4.78, 5) is 26.2. The molecule has 0 bridgehead atoms. The van der Waals surface area contributed by atoms with E-state index < -0.39 is 0 Å². The molecule has 1 N–H and O–H groups in total. The second kappa shape index (κ2) is 8.45. The lowest BCUT2D eigenvalue weighted by Gasteiger charge is -2.22. The van der Waals surface area contributed by atoms with Crippen molar-refractivity contribution in [1.82, 2.24) is 29.4 Å². The summed E-state index contributed by atoms with van der Waals surface area (Å²) < 4.78 is 4.89. The SMILES string of the molecule is Cc1nn(CC(=O)NC2CCCCC2)c(=O)c2c(-n3cccc3)n(-c3ccccc3)nc12. The van der Waals surface area contributed by atoms with Crippen molar-refractivity contribution in [3.8, 4) is 11.5 Å². The van der Waals surface area contributed by atoms with Crippen molar-refractivity contribution in [1.29, 1.82) is 0 Å². The maximum Gasteiger partial charge on any atom is 0.280 e. The molecule has 32 heavy (non-hydrogen) atoms. The van der Waals surface area contributed by atoms with Crippen LogP contribution >= 0.6 is 0 Å². The van der Waals surface area contributed by atoms with Gasteiger partial charge in [-0.1, -0.05) is 37.5 Å². The fraction of sp³-hybridized carbons (Fsp3) is 0.333. The van der Waals surface area contributed by atoms with Crippen molar-refractivity contribution >= 4 is 16.8 Å². The minimum absolute atomic E-state index is 0.103. The van der Waals surface area contributed by atoms with E-state index >= 15 is 0 Å². The maximum atomic E-state index is 13.5. The molecule has 1 fully saturated rings. The fourth-order valence-electron chi connectivity index (χ4n) is 4.49. The van der Waals surface area contributed by atoms with E-state index in [2.05, 4.69) is 10.4 Å². The van der Waals surface area contributed by atoms with E-state index in [0.717, 1.165) is 31.4 Å². The summed E-state index contributed by atoms with van der Waals surface area (Å²) in [6.07, 6.45) is 9.23. The molecule has 0 unspecified atom stereocenters. The van der Waals surface area contributed by atoms with Crippen molar-refractivity contribution < 1.29 is 4.79 Å². The highest BCUT2D eigenvalue weighted by atomic mass is 16.2. The topological polar surface area (TPSA) is 86.7 Å². The van der Waals surface area contributed by atoms with Crippen molar-refractivity contribution in [2.75, 3.05) is 0 Å². The zero-order valence-corrected chi connectivity index (χ0v) is 18.1. The summed E-state index contributed by atoms with van der Waals surface area (Å²) in [5.74, 6) is 0.455. The molecular weight excluding hydrogens is 404 g/mol. The number of carbonyl (C=O) groups excluding carboxylic acids is 1. The number of para-hydroxylation sites is 1. The van der Waals surface area contributed by atoms with Crippen LogP contribution in [-0.4, -0.2) is 36.1 Å². The van der Waals surface area contributed by atoms with Crippen LogP contribution in [-0.2, 0) is 11.3 Å². The third-order valence-electron chi connectivity index (χ3n) is 6.04. The van der Waals surface area contributed by atoms with Gasteiger partial charge in [0.15, 0.2) is 5.82 Å². The number of carbonyl (C=O) groups is 1. The van der Waals surface area contributed by atoms with Gasteiger partial charge >= 0.3 is 0 Å². The van der Waals surface area contributed by atoms with E-state index in [1.54, 1.807) is 4.68 Å². The van der Waals surface area contributed by atoms with Crippen molar-refractivity contribution in [2.24, 2.45) is 0 Å². The number of nitrogens with one attached hydrogen (secondary N) is 1. The first-order valence-electron chi connectivity index (χ1n) is 11.1. The monoisotopic (exact) mass is 430 g/mol. The van der Waals surface area contributed by atoms with Crippen LogP contribution in [0.25, 0.3) is 22.4 Å². The smallest absolute Gasteiger partial charge is 0.280 e. The Morgan fingerprint density at radius 2 is 1.75 bits per heavy atom. The number of fused-ring (bicyclic) bond motifs is 1. The second-order valence-electron chi connectivity index (χ2n) is 8.34. The highest BCUT2D eigenvalue weighted by molar-refractivity contribution is 5.88. The quantitative estimate of drug-likeness (QED) is 0.527. The molecule has 0 aliphatic heterocycles. The molecule has 1 amide bonds. The molecule has 8 nitrogen and oxygen atoms in total. The molecule has 1 aromatic carbocycles. The van der Waals surface area contributed by atoms with E-state index in [-0.39, 0.29) is 24.1 Å². The van der Waals surface area contributed by atoms with E-state index in [9.17, 15) is 9.59 Å². The third-order valence-corrected chi connectivity index (χ3v) is 6.04. The Morgan fingerprint density at radius 1 is 1.03 bits per heavy atom. The standard InChI is InChI=1S/C24H26N6O2/c1-17-22-21(24(32)29(26-17)16-20(31)25-18-10-4-2-5-11-18)23(28-14-8-9-15-28)30(27-22)19-12-6-3-7-13-19/h3,6-9,12-15,18H,2,4-5,10-11,16H2,1H3,(H,25,31). The van der Waals surface area contributed by atoms with Gasteiger partial charge in [0.1, 0.15) is 17.4 Å². The first-order chi connectivity index (χ1) is 15.6. The normalized spacial score (nSPS) is 14.7. The summed E-state index contributed by atoms with van der Waals surface area (Å²) in [5.41, 5.74) is 1.66. The van der Waals surface area contributed by atoms with Gasteiger partial charge in [0.05, 0.1) is 11.4 Å². The number of aromatic nitrogens is 5. The number of hydrogen-bond donors (Lipinski definition) is 1. The molecule has 164 valence electrons. The van der Waals surface area contributed by atoms with Crippen LogP contribution in [0, 0.1) is 6.92 Å². The first-order valence-corrected chi connectivity index (χ1v) is 11.1. The molecule has 1 aliphatic carbocycles. The predicted molar refractivity (Wildman–Crippen MR) is 122 cm³/mol. The molecule has 1 saturated carbocycles. The maximum absolute atomic E-state index is 13.5. The minimum atomic E-state index is -0.324. The molecule has 0 atom stereocenters. The van der Waals surface area contributed by atoms with Gasteiger partial charge in [0.2, 0.25) is 5.91 Å². The molecule has 0 radical (unpaired) electrons. The number of nitrogens with zero attached hydrogens (tertiary/aromatic N) is 5. The average Bonchev–Trinajstić information content (AvgIpc) is 3.47. The Labute approximate surface area is 185 Å². The van der Waals surface area contributed by atoms with Gasteiger partial charge in [0.25, 0.3) is 5.56 Å². The van der Waals surface area contributed by atoms with Crippen LogP contribution in [0.3, 0.4) is 0 Å². The van der Waals surface area contributed by atoms with Gasteiger partial charge in [-0.25, -0.2) is 9.36 Å². The van der Waals surface area contributed by atoms with Crippen LogP contribution in [0.1, 0.15) is 37.8 Å². The zero-order valence-electron chi connectivity index (χ0n) is 18.1. The third kappa shape index (κ3) is 3.72. The van der Waals surface area contributed by atoms with Gasteiger partial charge in [-0.3, -0.25) is 9.59 Å². The number of rotatable bonds is 5. The summed E-state index contributed by atoms with van der Waals surface area (Å²) in [5, 5.41) is 12.7. The Kier molecular flexibility index (Phi) is 5.34. The molecule has 8 heteroatoms. The van der Waals surface area contributed by atoms with Crippen LogP contribution in [0.2, 0.25) is 0 Å². The van der Waals surface area contributed by atoms with Gasteiger partial charge in [-0.15, -0.1) is 0 Å². The highest BCUT2D eigenvalue weighted by Crippen LogP contribution is 2.24. The van der Waals surface area contributed by atoms with E-state index in [0.29, 0.717) is 22.4 Å². The predicted octanol–water partition coefficient (Wildman–Crippen LogP) is 3.13. The van der Waals surface area contributed by atoms with Gasteiger partial charge < -0.3 is 9.88 Å².